The maximum Gasteiger partial charge on any atom is 0.325 e. The standard InChI is InChI=1S/C21H17NO7S/c1-26-19(23)10-22-20(24)18(30-21(22)25)9-13-2-5-15(6-3-13)27-11-14-4-7-16-17(8-14)29-12-28-16/h2-9H,10-12H2,1H3/b18-9-. The first-order valence-electron chi connectivity index (χ1n) is 8.97. The molecule has 0 radical (unpaired) electrons. The molecule has 4 rings (SSSR count). The molecule has 0 aromatic heterocycles. The van der Waals surface area contributed by atoms with E-state index in [1.165, 1.54) is 7.11 Å². The summed E-state index contributed by atoms with van der Waals surface area (Å²) < 4.78 is 20.9. The fourth-order valence-electron chi connectivity index (χ4n) is 2.84. The van der Waals surface area contributed by atoms with Gasteiger partial charge in [-0.15, -0.1) is 0 Å². The number of hydrogen-bond acceptors (Lipinski definition) is 8. The summed E-state index contributed by atoms with van der Waals surface area (Å²) in [6, 6.07) is 12.7. The highest BCUT2D eigenvalue weighted by Crippen LogP contribution is 2.33. The van der Waals surface area contributed by atoms with Crippen LogP contribution in [-0.2, 0) is 20.9 Å². The highest BCUT2D eigenvalue weighted by molar-refractivity contribution is 8.18. The van der Waals surface area contributed by atoms with Gasteiger partial charge in [0, 0.05) is 0 Å². The third-order valence-electron chi connectivity index (χ3n) is 4.41. The Hall–Kier alpha value is -3.46. The fraction of sp³-hybridized carbons (Fsp3) is 0.190. The van der Waals surface area contributed by atoms with Crippen molar-refractivity contribution in [3.63, 3.8) is 0 Å². The van der Waals surface area contributed by atoms with Gasteiger partial charge in [0.05, 0.1) is 12.0 Å². The Morgan fingerprint density at radius 1 is 1.13 bits per heavy atom. The number of hydrogen-bond donors (Lipinski definition) is 0. The van der Waals surface area contributed by atoms with E-state index in [1.807, 2.05) is 18.2 Å². The van der Waals surface area contributed by atoms with Crippen LogP contribution in [0, 0.1) is 0 Å². The van der Waals surface area contributed by atoms with Gasteiger partial charge in [0.2, 0.25) is 6.79 Å². The van der Waals surface area contributed by atoms with Crippen molar-refractivity contribution in [1.29, 1.82) is 0 Å². The number of carbonyl (C=O) groups is 3. The smallest absolute Gasteiger partial charge is 0.325 e. The highest BCUT2D eigenvalue weighted by atomic mass is 32.2. The SMILES string of the molecule is COC(=O)CN1C(=O)S/C(=C\c2ccc(OCc3ccc4c(c3)OCO4)cc2)C1=O. The number of imide groups is 1. The Bertz CT molecular complexity index is 1030. The first-order valence-corrected chi connectivity index (χ1v) is 9.79. The van der Waals surface area contributed by atoms with Crippen molar-refractivity contribution in [2.24, 2.45) is 0 Å². The molecular formula is C21H17NO7S. The van der Waals surface area contributed by atoms with Gasteiger partial charge in [-0.1, -0.05) is 18.2 Å². The summed E-state index contributed by atoms with van der Waals surface area (Å²) in [5.74, 6) is 0.913. The molecule has 1 fully saturated rings. The molecule has 2 aromatic rings. The lowest BCUT2D eigenvalue weighted by Crippen LogP contribution is -2.34. The van der Waals surface area contributed by atoms with E-state index in [0.717, 1.165) is 33.5 Å². The molecule has 2 amide bonds. The number of nitrogens with zero attached hydrogens (tertiary/aromatic N) is 1. The van der Waals surface area contributed by atoms with Crippen molar-refractivity contribution in [2.45, 2.75) is 6.61 Å². The number of amides is 2. The maximum atomic E-state index is 12.3. The molecule has 0 N–H and O–H groups in total. The minimum atomic E-state index is -0.650. The maximum absolute atomic E-state index is 12.3. The zero-order valence-electron chi connectivity index (χ0n) is 16.0. The predicted octanol–water partition coefficient (Wildman–Crippen LogP) is 3.20. The van der Waals surface area contributed by atoms with E-state index in [-0.39, 0.29) is 11.7 Å². The number of fused-ring (bicyclic) bond motifs is 1. The third kappa shape index (κ3) is 4.25. The summed E-state index contributed by atoms with van der Waals surface area (Å²) in [7, 11) is 1.20. The lowest BCUT2D eigenvalue weighted by atomic mass is 10.2. The molecule has 2 aromatic carbocycles. The summed E-state index contributed by atoms with van der Waals surface area (Å²) in [4.78, 5) is 36.8. The van der Waals surface area contributed by atoms with Crippen LogP contribution in [-0.4, -0.2) is 42.5 Å². The van der Waals surface area contributed by atoms with Crippen molar-refractivity contribution in [2.75, 3.05) is 20.4 Å². The second-order valence-corrected chi connectivity index (χ2v) is 7.38. The summed E-state index contributed by atoms with van der Waals surface area (Å²) in [6.45, 7) is 0.191. The van der Waals surface area contributed by atoms with Gasteiger partial charge in [-0.3, -0.25) is 19.3 Å². The van der Waals surface area contributed by atoms with E-state index < -0.39 is 23.7 Å². The van der Waals surface area contributed by atoms with Gasteiger partial charge in [0.25, 0.3) is 11.1 Å². The van der Waals surface area contributed by atoms with Crippen molar-refractivity contribution >= 4 is 35.0 Å². The van der Waals surface area contributed by atoms with E-state index in [2.05, 4.69) is 4.74 Å². The van der Waals surface area contributed by atoms with E-state index in [0.29, 0.717) is 18.1 Å². The number of esters is 1. The molecule has 1 saturated heterocycles. The van der Waals surface area contributed by atoms with Crippen LogP contribution in [0.3, 0.4) is 0 Å². The van der Waals surface area contributed by atoms with Crippen LogP contribution in [0.2, 0.25) is 0 Å². The van der Waals surface area contributed by atoms with Crippen molar-refractivity contribution in [1.82, 2.24) is 4.90 Å². The molecule has 2 heterocycles. The number of rotatable bonds is 6. The first-order chi connectivity index (χ1) is 14.5. The van der Waals surface area contributed by atoms with E-state index in [1.54, 1.807) is 30.3 Å². The monoisotopic (exact) mass is 427 g/mol. The Morgan fingerprint density at radius 2 is 1.90 bits per heavy atom. The van der Waals surface area contributed by atoms with Crippen LogP contribution in [0.5, 0.6) is 17.2 Å². The highest BCUT2D eigenvalue weighted by Gasteiger charge is 2.36. The molecular weight excluding hydrogens is 410 g/mol. The Labute approximate surface area is 176 Å². The summed E-state index contributed by atoms with van der Waals surface area (Å²) in [6.07, 6.45) is 1.60. The number of thioether (sulfide) groups is 1. The Morgan fingerprint density at radius 3 is 2.67 bits per heavy atom. The molecule has 154 valence electrons. The van der Waals surface area contributed by atoms with Crippen LogP contribution >= 0.6 is 11.8 Å². The lowest BCUT2D eigenvalue weighted by molar-refractivity contribution is -0.143. The lowest BCUT2D eigenvalue weighted by Gasteiger charge is -2.09. The minimum Gasteiger partial charge on any atom is -0.489 e. The molecule has 0 unspecified atom stereocenters. The van der Waals surface area contributed by atoms with Crippen LogP contribution in [0.1, 0.15) is 11.1 Å². The van der Waals surface area contributed by atoms with Crippen LogP contribution in [0.25, 0.3) is 6.08 Å². The topological polar surface area (TPSA) is 91.4 Å². The number of carbonyl (C=O) groups excluding carboxylic acids is 3. The summed E-state index contributed by atoms with van der Waals surface area (Å²) in [5, 5.41) is -0.500. The van der Waals surface area contributed by atoms with E-state index in [9.17, 15) is 14.4 Å². The van der Waals surface area contributed by atoms with Crippen LogP contribution < -0.4 is 14.2 Å². The second-order valence-electron chi connectivity index (χ2n) is 6.39. The molecule has 0 atom stereocenters. The molecule has 0 bridgehead atoms. The second kappa shape index (κ2) is 8.50. The Balaban J connectivity index is 1.38. The molecule has 0 aliphatic carbocycles. The van der Waals surface area contributed by atoms with Crippen LogP contribution in [0.4, 0.5) is 4.79 Å². The van der Waals surface area contributed by atoms with Crippen molar-refractivity contribution < 1.29 is 33.3 Å². The normalized spacial score (nSPS) is 16.3. The van der Waals surface area contributed by atoms with Crippen LogP contribution in [0.15, 0.2) is 47.4 Å². The van der Waals surface area contributed by atoms with Gasteiger partial charge in [-0.25, -0.2) is 0 Å². The van der Waals surface area contributed by atoms with Gasteiger partial charge >= 0.3 is 5.97 Å². The summed E-state index contributed by atoms with van der Waals surface area (Å²) >= 11 is 0.788. The summed E-state index contributed by atoms with van der Waals surface area (Å²) in [5.41, 5.74) is 1.68. The van der Waals surface area contributed by atoms with Gasteiger partial charge in [0.15, 0.2) is 11.5 Å². The molecule has 2 aliphatic rings. The molecule has 0 saturated carbocycles. The van der Waals surface area contributed by atoms with Gasteiger partial charge in [-0.05, 0) is 53.2 Å². The molecule has 0 spiro atoms. The number of benzene rings is 2. The van der Waals surface area contributed by atoms with E-state index in [4.69, 9.17) is 14.2 Å². The Kier molecular flexibility index (Phi) is 5.62. The third-order valence-corrected chi connectivity index (χ3v) is 5.32. The van der Waals surface area contributed by atoms with Gasteiger partial charge in [-0.2, -0.15) is 0 Å². The largest absolute Gasteiger partial charge is 0.489 e. The molecule has 8 nitrogen and oxygen atoms in total. The van der Waals surface area contributed by atoms with E-state index >= 15 is 0 Å². The van der Waals surface area contributed by atoms with Gasteiger partial charge < -0.3 is 18.9 Å². The van der Waals surface area contributed by atoms with Crippen molar-refractivity contribution in [3.05, 3.63) is 58.5 Å². The first kappa shape index (κ1) is 19.8. The molecule has 2 aliphatic heterocycles. The quantitative estimate of drug-likeness (QED) is 0.513. The fourth-order valence-corrected chi connectivity index (χ4v) is 3.68. The number of ether oxygens (including phenoxy) is 4. The van der Waals surface area contributed by atoms with Crippen molar-refractivity contribution in [3.8, 4) is 17.2 Å². The average molecular weight is 427 g/mol. The zero-order chi connectivity index (χ0) is 21.1. The average Bonchev–Trinajstić information content (AvgIpc) is 3.32. The predicted molar refractivity (Wildman–Crippen MR) is 108 cm³/mol. The minimum absolute atomic E-state index is 0.226. The number of methoxy groups -OCH3 is 1. The molecule has 9 heteroatoms. The zero-order valence-corrected chi connectivity index (χ0v) is 16.8. The molecule has 30 heavy (non-hydrogen) atoms. The van der Waals surface area contributed by atoms with Gasteiger partial charge in [0.1, 0.15) is 18.9 Å².